The fourth-order valence-corrected chi connectivity index (χ4v) is 3.17. The second-order valence-electron chi connectivity index (χ2n) is 6.66. The predicted octanol–water partition coefficient (Wildman–Crippen LogP) is 1.67. The average Bonchev–Trinajstić information content (AvgIpc) is 2.91. The molecule has 25 heavy (non-hydrogen) atoms. The van der Waals surface area contributed by atoms with E-state index in [1.165, 1.54) is 0 Å². The molecular weight excluding hydrogens is 318 g/mol. The highest BCUT2D eigenvalue weighted by molar-refractivity contribution is 5.92. The molecule has 1 amide bonds. The van der Waals surface area contributed by atoms with Crippen LogP contribution >= 0.6 is 0 Å². The third-order valence-corrected chi connectivity index (χ3v) is 4.24. The number of pyridine rings is 1. The van der Waals surface area contributed by atoms with Crippen molar-refractivity contribution in [2.45, 2.75) is 39.5 Å². The molecule has 0 aliphatic carbocycles. The summed E-state index contributed by atoms with van der Waals surface area (Å²) in [6.07, 6.45) is 2.22. The van der Waals surface area contributed by atoms with Crippen molar-refractivity contribution in [1.82, 2.24) is 20.1 Å². The van der Waals surface area contributed by atoms with Gasteiger partial charge in [0.25, 0.3) is 5.91 Å². The minimum Gasteiger partial charge on any atom is -0.372 e. The number of hydrogen-bond acceptors (Lipinski definition) is 5. The molecule has 7 heteroatoms. The molecule has 2 atom stereocenters. The molecule has 1 aliphatic heterocycles. The van der Waals surface area contributed by atoms with Crippen molar-refractivity contribution >= 4 is 11.7 Å². The molecule has 1 fully saturated rings. The molecule has 1 saturated heterocycles. The molecule has 7 nitrogen and oxygen atoms in total. The number of amides is 1. The highest BCUT2D eigenvalue weighted by Crippen LogP contribution is 2.18. The van der Waals surface area contributed by atoms with Crippen LogP contribution in [0.25, 0.3) is 0 Å². The maximum absolute atomic E-state index is 12.2. The number of carbonyl (C=O) groups is 1. The van der Waals surface area contributed by atoms with E-state index in [4.69, 9.17) is 4.74 Å². The fraction of sp³-hybridized carbons (Fsp3) is 0.500. The molecule has 0 radical (unpaired) electrons. The van der Waals surface area contributed by atoms with E-state index in [9.17, 15) is 4.79 Å². The molecule has 3 rings (SSSR count). The van der Waals surface area contributed by atoms with Crippen LogP contribution < -0.4 is 10.2 Å². The molecule has 134 valence electrons. The maximum atomic E-state index is 12.2. The van der Waals surface area contributed by atoms with Crippen molar-refractivity contribution in [3.05, 3.63) is 41.3 Å². The van der Waals surface area contributed by atoms with Gasteiger partial charge in [-0.15, -0.1) is 0 Å². The van der Waals surface area contributed by atoms with Gasteiger partial charge in [0, 0.05) is 32.9 Å². The van der Waals surface area contributed by atoms with Gasteiger partial charge < -0.3 is 15.0 Å². The number of nitrogens with zero attached hydrogens (tertiary/aromatic N) is 4. The van der Waals surface area contributed by atoms with Gasteiger partial charge in [0.1, 0.15) is 11.5 Å². The summed E-state index contributed by atoms with van der Waals surface area (Å²) in [5.74, 6) is 0.808. The number of anilines is 1. The van der Waals surface area contributed by atoms with Crippen LogP contribution in [0, 0.1) is 6.92 Å². The smallest absolute Gasteiger partial charge is 0.269 e. The highest BCUT2D eigenvalue weighted by atomic mass is 16.5. The lowest BCUT2D eigenvalue weighted by atomic mass is 10.2. The Morgan fingerprint density at radius 3 is 2.60 bits per heavy atom. The minimum atomic E-state index is -0.136. The standard InChI is InChI=1S/C18H25N5O2/c1-12-7-16(22(4)21-12)18(24)20-9-15-5-6-17(19-8-15)23-10-13(2)25-14(3)11-23/h5-8,13-14H,9-11H2,1-4H3,(H,20,24). The van der Waals surface area contributed by atoms with E-state index >= 15 is 0 Å². The summed E-state index contributed by atoms with van der Waals surface area (Å²) in [4.78, 5) is 19.0. The first-order chi connectivity index (χ1) is 11.9. The molecule has 2 aromatic heterocycles. The van der Waals surface area contributed by atoms with Gasteiger partial charge in [0.15, 0.2) is 0 Å². The van der Waals surface area contributed by atoms with Crippen LogP contribution in [0.3, 0.4) is 0 Å². The molecule has 2 aromatic rings. The number of hydrogen-bond donors (Lipinski definition) is 1. The van der Waals surface area contributed by atoms with Crippen molar-refractivity contribution in [3.8, 4) is 0 Å². The van der Waals surface area contributed by atoms with Crippen LogP contribution in [0.4, 0.5) is 5.82 Å². The normalized spacial score (nSPS) is 20.6. The molecule has 0 aromatic carbocycles. The maximum Gasteiger partial charge on any atom is 0.269 e. The third kappa shape index (κ3) is 4.17. The zero-order chi connectivity index (χ0) is 18.0. The van der Waals surface area contributed by atoms with Crippen molar-refractivity contribution in [2.75, 3.05) is 18.0 Å². The van der Waals surface area contributed by atoms with Crippen LogP contribution in [-0.2, 0) is 18.3 Å². The summed E-state index contributed by atoms with van der Waals surface area (Å²) in [5.41, 5.74) is 2.34. The Kier molecular flexibility index (Phi) is 5.03. The summed E-state index contributed by atoms with van der Waals surface area (Å²) in [7, 11) is 1.77. The number of nitrogens with one attached hydrogen (secondary N) is 1. The van der Waals surface area contributed by atoms with Gasteiger partial charge in [-0.3, -0.25) is 9.48 Å². The molecule has 2 unspecified atom stereocenters. The Morgan fingerprint density at radius 2 is 2.04 bits per heavy atom. The van der Waals surface area contributed by atoms with Crippen LogP contribution in [0.5, 0.6) is 0 Å². The molecule has 1 N–H and O–H groups in total. The average molecular weight is 343 g/mol. The SMILES string of the molecule is Cc1cc(C(=O)NCc2ccc(N3CC(C)OC(C)C3)nc2)n(C)n1. The molecule has 3 heterocycles. The Bertz CT molecular complexity index is 730. The molecule has 0 saturated carbocycles. The second-order valence-corrected chi connectivity index (χ2v) is 6.66. The predicted molar refractivity (Wildman–Crippen MR) is 95.6 cm³/mol. The number of ether oxygens (including phenoxy) is 1. The summed E-state index contributed by atoms with van der Waals surface area (Å²) < 4.78 is 7.35. The number of morpholine rings is 1. The van der Waals surface area contributed by atoms with E-state index in [-0.39, 0.29) is 18.1 Å². The van der Waals surface area contributed by atoms with E-state index in [0.717, 1.165) is 30.2 Å². The quantitative estimate of drug-likeness (QED) is 0.914. The second kappa shape index (κ2) is 7.23. The minimum absolute atomic E-state index is 0.136. The first-order valence-electron chi connectivity index (χ1n) is 8.56. The summed E-state index contributed by atoms with van der Waals surface area (Å²) in [6.45, 7) is 8.14. The van der Waals surface area contributed by atoms with Gasteiger partial charge in [-0.25, -0.2) is 4.98 Å². The highest BCUT2D eigenvalue weighted by Gasteiger charge is 2.23. The van der Waals surface area contributed by atoms with Gasteiger partial charge in [0.05, 0.1) is 17.9 Å². The van der Waals surface area contributed by atoms with Gasteiger partial charge in [-0.1, -0.05) is 6.07 Å². The van der Waals surface area contributed by atoms with Gasteiger partial charge >= 0.3 is 0 Å². The zero-order valence-electron chi connectivity index (χ0n) is 15.2. The van der Waals surface area contributed by atoms with Crippen LogP contribution in [0.1, 0.15) is 35.6 Å². The van der Waals surface area contributed by atoms with Crippen molar-refractivity contribution in [2.24, 2.45) is 7.05 Å². The Labute approximate surface area is 148 Å². The van der Waals surface area contributed by atoms with E-state index < -0.39 is 0 Å². The van der Waals surface area contributed by atoms with E-state index in [1.807, 2.05) is 25.3 Å². The van der Waals surface area contributed by atoms with Gasteiger partial charge in [-0.2, -0.15) is 5.10 Å². The van der Waals surface area contributed by atoms with Crippen LogP contribution in [0.15, 0.2) is 24.4 Å². The Balaban J connectivity index is 1.59. The topological polar surface area (TPSA) is 72.3 Å². The first kappa shape index (κ1) is 17.4. The number of aromatic nitrogens is 3. The Hall–Kier alpha value is -2.41. The summed E-state index contributed by atoms with van der Waals surface area (Å²) in [6, 6.07) is 5.78. The van der Waals surface area contributed by atoms with Gasteiger partial charge in [-0.05, 0) is 38.5 Å². The van der Waals surface area contributed by atoms with Crippen molar-refractivity contribution < 1.29 is 9.53 Å². The molecule has 0 spiro atoms. The monoisotopic (exact) mass is 343 g/mol. The molecular formula is C18H25N5O2. The first-order valence-corrected chi connectivity index (χ1v) is 8.56. The fourth-order valence-electron chi connectivity index (χ4n) is 3.17. The van der Waals surface area contributed by atoms with Crippen LogP contribution in [-0.4, -0.2) is 46.0 Å². The molecule has 0 bridgehead atoms. The number of rotatable bonds is 4. The van der Waals surface area contributed by atoms with E-state index in [1.54, 1.807) is 17.8 Å². The van der Waals surface area contributed by atoms with E-state index in [2.05, 4.69) is 34.1 Å². The third-order valence-electron chi connectivity index (χ3n) is 4.24. The number of aryl methyl sites for hydroxylation is 2. The lowest BCUT2D eigenvalue weighted by Gasteiger charge is -2.36. The zero-order valence-corrected chi connectivity index (χ0v) is 15.2. The van der Waals surface area contributed by atoms with Gasteiger partial charge in [0.2, 0.25) is 0 Å². The summed E-state index contributed by atoms with van der Waals surface area (Å²) in [5, 5.41) is 7.10. The lowest BCUT2D eigenvalue weighted by Crippen LogP contribution is -2.45. The largest absolute Gasteiger partial charge is 0.372 e. The lowest BCUT2D eigenvalue weighted by molar-refractivity contribution is -0.00546. The van der Waals surface area contributed by atoms with Crippen molar-refractivity contribution in [3.63, 3.8) is 0 Å². The molecule has 1 aliphatic rings. The Morgan fingerprint density at radius 1 is 1.32 bits per heavy atom. The van der Waals surface area contributed by atoms with Crippen LogP contribution in [0.2, 0.25) is 0 Å². The summed E-state index contributed by atoms with van der Waals surface area (Å²) >= 11 is 0. The van der Waals surface area contributed by atoms with E-state index in [0.29, 0.717) is 12.2 Å². The van der Waals surface area contributed by atoms with Crippen molar-refractivity contribution in [1.29, 1.82) is 0 Å². The number of carbonyl (C=O) groups excluding carboxylic acids is 1.